The number of hydrogen-bond acceptors (Lipinski definition) is 3. The summed E-state index contributed by atoms with van der Waals surface area (Å²) in [7, 11) is 1.85. The standard InChI is InChI=1S/C23H24N2O2S/c1-24(14-17-11-13-28-16-17)22(26)19-8-5-12-25(15-19)23(27)21-10-4-7-18-6-2-3-9-20(18)21/h2-4,6-7,9-11,13,16,19H,5,8,12,14-15H2,1H3/t19-/m1/s1. The number of amides is 2. The van der Waals surface area contributed by atoms with E-state index in [4.69, 9.17) is 0 Å². The van der Waals surface area contributed by atoms with Crippen LogP contribution in [0.2, 0.25) is 0 Å². The zero-order valence-corrected chi connectivity index (χ0v) is 16.8. The van der Waals surface area contributed by atoms with Crippen LogP contribution in [0.1, 0.15) is 28.8 Å². The Kier molecular flexibility index (Phi) is 5.44. The molecule has 0 unspecified atom stereocenters. The van der Waals surface area contributed by atoms with Crippen molar-refractivity contribution in [2.45, 2.75) is 19.4 Å². The minimum Gasteiger partial charge on any atom is -0.341 e. The molecule has 1 aliphatic rings. The van der Waals surface area contributed by atoms with Gasteiger partial charge in [0.15, 0.2) is 0 Å². The molecule has 1 aromatic heterocycles. The molecule has 2 heterocycles. The highest BCUT2D eigenvalue weighted by Crippen LogP contribution is 2.24. The molecule has 0 N–H and O–H groups in total. The number of likely N-dealkylation sites (tertiary alicyclic amines) is 1. The van der Waals surface area contributed by atoms with Crippen LogP contribution < -0.4 is 0 Å². The van der Waals surface area contributed by atoms with Gasteiger partial charge in [0.25, 0.3) is 5.91 Å². The maximum Gasteiger partial charge on any atom is 0.254 e. The Hall–Kier alpha value is -2.66. The van der Waals surface area contributed by atoms with Gasteiger partial charge in [-0.25, -0.2) is 0 Å². The van der Waals surface area contributed by atoms with E-state index in [2.05, 4.69) is 5.38 Å². The Morgan fingerprint density at radius 2 is 1.96 bits per heavy atom. The van der Waals surface area contributed by atoms with Gasteiger partial charge < -0.3 is 9.80 Å². The molecular formula is C23H24N2O2S. The number of hydrogen-bond donors (Lipinski definition) is 0. The molecule has 0 saturated carbocycles. The summed E-state index contributed by atoms with van der Waals surface area (Å²) in [4.78, 5) is 29.8. The van der Waals surface area contributed by atoms with E-state index in [1.807, 2.05) is 65.9 Å². The van der Waals surface area contributed by atoms with Gasteiger partial charge in [-0.1, -0.05) is 36.4 Å². The van der Waals surface area contributed by atoms with Gasteiger partial charge in [-0.2, -0.15) is 11.3 Å². The van der Waals surface area contributed by atoms with Crippen LogP contribution in [0, 0.1) is 5.92 Å². The number of thiophene rings is 1. The van der Waals surface area contributed by atoms with Crippen LogP contribution in [0.25, 0.3) is 10.8 Å². The van der Waals surface area contributed by atoms with Crippen molar-refractivity contribution < 1.29 is 9.59 Å². The van der Waals surface area contributed by atoms with E-state index in [-0.39, 0.29) is 17.7 Å². The van der Waals surface area contributed by atoms with E-state index in [9.17, 15) is 9.59 Å². The Balaban J connectivity index is 1.48. The summed E-state index contributed by atoms with van der Waals surface area (Å²) in [5.74, 6) is 0.0210. The summed E-state index contributed by atoms with van der Waals surface area (Å²) in [6.45, 7) is 1.82. The van der Waals surface area contributed by atoms with Crippen molar-refractivity contribution in [1.82, 2.24) is 9.80 Å². The number of fused-ring (bicyclic) bond motifs is 1. The number of carbonyl (C=O) groups excluding carboxylic acids is 2. The maximum absolute atomic E-state index is 13.2. The third-order valence-corrected chi connectivity index (χ3v) is 6.19. The molecule has 28 heavy (non-hydrogen) atoms. The van der Waals surface area contributed by atoms with Crippen molar-refractivity contribution in [2.75, 3.05) is 20.1 Å². The first-order valence-corrected chi connectivity index (χ1v) is 10.6. The Bertz CT molecular complexity index is 978. The lowest BCUT2D eigenvalue weighted by Gasteiger charge is -2.34. The summed E-state index contributed by atoms with van der Waals surface area (Å²) in [6.07, 6.45) is 1.70. The molecule has 3 aromatic rings. The second kappa shape index (κ2) is 8.15. The molecule has 0 bridgehead atoms. The van der Waals surface area contributed by atoms with E-state index in [0.717, 1.165) is 34.7 Å². The van der Waals surface area contributed by atoms with Crippen molar-refractivity contribution in [3.05, 3.63) is 70.4 Å². The second-order valence-electron chi connectivity index (χ2n) is 7.44. The molecule has 1 aliphatic heterocycles. The van der Waals surface area contributed by atoms with Gasteiger partial charge in [-0.15, -0.1) is 0 Å². The van der Waals surface area contributed by atoms with E-state index in [0.29, 0.717) is 19.6 Å². The SMILES string of the molecule is CN(Cc1ccsc1)C(=O)[C@@H]1CCCN(C(=O)c2cccc3ccccc23)C1. The molecule has 144 valence electrons. The lowest BCUT2D eigenvalue weighted by molar-refractivity contribution is -0.136. The van der Waals surface area contributed by atoms with E-state index in [1.54, 1.807) is 16.2 Å². The molecule has 0 radical (unpaired) electrons. The van der Waals surface area contributed by atoms with Crippen molar-refractivity contribution in [2.24, 2.45) is 5.92 Å². The molecule has 2 amide bonds. The van der Waals surface area contributed by atoms with Gasteiger partial charge in [-0.3, -0.25) is 9.59 Å². The quantitative estimate of drug-likeness (QED) is 0.660. The molecule has 1 atom stereocenters. The fraction of sp³-hybridized carbons (Fsp3) is 0.304. The minimum absolute atomic E-state index is 0.0230. The van der Waals surface area contributed by atoms with Gasteiger partial charge in [-0.05, 0) is 52.1 Å². The zero-order chi connectivity index (χ0) is 19.5. The smallest absolute Gasteiger partial charge is 0.254 e. The van der Waals surface area contributed by atoms with Crippen molar-refractivity contribution in [1.29, 1.82) is 0 Å². The molecule has 1 saturated heterocycles. The average molecular weight is 393 g/mol. The minimum atomic E-state index is -0.128. The number of rotatable bonds is 4. The van der Waals surface area contributed by atoms with Gasteiger partial charge in [0, 0.05) is 32.2 Å². The Labute approximate surface area is 169 Å². The topological polar surface area (TPSA) is 40.6 Å². The summed E-state index contributed by atoms with van der Waals surface area (Å²) in [5, 5.41) is 6.13. The predicted octanol–water partition coefficient (Wildman–Crippen LogP) is 4.41. The van der Waals surface area contributed by atoms with Crippen LogP contribution in [0.5, 0.6) is 0 Å². The van der Waals surface area contributed by atoms with Crippen molar-refractivity contribution in [3.63, 3.8) is 0 Å². The first kappa shape index (κ1) is 18.7. The lowest BCUT2D eigenvalue weighted by Crippen LogP contribution is -2.45. The zero-order valence-electron chi connectivity index (χ0n) is 16.0. The monoisotopic (exact) mass is 392 g/mol. The van der Waals surface area contributed by atoms with E-state index in [1.165, 1.54) is 0 Å². The number of nitrogens with zero attached hydrogens (tertiary/aromatic N) is 2. The van der Waals surface area contributed by atoms with Gasteiger partial charge in [0.2, 0.25) is 5.91 Å². The summed E-state index contributed by atoms with van der Waals surface area (Å²) in [5.41, 5.74) is 1.87. The fourth-order valence-electron chi connectivity index (χ4n) is 3.99. The molecule has 0 aliphatic carbocycles. The molecular weight excluding hydrogens is 368 g/mol. The van der Waals surface area contributed by atoms with Crippen LogP contribution in [0.4, 0.5) is 0 Å². The van der Waals surface area contributed by atoms with E-state index >= 15 is 0 Å². The van der Waals surface area contributed by atoms with Crippen LogP contribution in [0.15, 0.2) is 59.3 Å². The van der Waals surface area contributed by atoms with Crippen molar-refractivity contribution in [3.8, 4) is 0 Å². The normalized spacial score (nSPS) is 16.9. The van der Waals surface area contributed by atoms with Gasteiger partial charge >= 0.3 is 0 Å². The second-order valence-corrected chi connectivity index (χ2v) is 8.22. The fourth-order valence-corrected chi connectivity index (χ4v) is 4.65. The highest BCUT2D eigenvalue weighted by atomic mass is 32.1. The molecule has 0 spiro atoms. The highest BCUT2D eigenvalue weighted by Gasteiger charge is 2.31. The molecule has 1 fully saturated rings. The first-order chi connectivity index (χ1) is 13.6. The Morgan fingerprint density at radius 1 is 1.14 bits per heavy atom. The number of piperidine rings is 1. The summed E-state index contributed by atoms with van der Waals surface area (Å²) < 4.78 is 0. The predicted molar refractivity (Wildman–Crippen MR) is 113 cm³/mol. The molecule has 2 aromatic carbocycles. The molecule has 5 heteroatoms. The maximum atomic E-state index is 13.2. The van der Waals surface area contributed by atoms with Crippen LogP contribution in [-0.4, -0.2) is 41.8 Å². The third-order valence-electron chi connectivity index (χ3n) is 5.45. The van der Waals surface area contributed by atoms with E-state index < -0.39 is 0 Å². The highest BCUT2D eigenvalue weighted by molar-refractivity contribution is 7.07. The summed E-state index contributed by atoms with van der Waals surface area (Å²) in [6, 6.07) is 15.8. The molecule has 4 nitrogen and oxygen atoms in total. The van der Waals surface area contributed by atoms with Gasteiger partial charge in [0.05, 0.1) is 5.92 Å². The number of carbonyl (C=O) groups is 2. The van der Waals surface area contributed by atoms with Crippen LogP contribution >= 0.6 is 11.3 Å². The Morgan fingerprint density at radius 3 is 2.79 bits per heavy atom. The van der Waals surface area contributed by atoms with Gasteiger partial charge in [0.1, 0.15) is 0 Å². The number of benzene rings is 2. The summed E-state index contributed by atoms with van der Waals surface area (Å²) >= 11 is 1.64. The molecule has 4 rings (SSSR count). The largest absolute Gasteiger partial charge is 0.341 e. The lowest BCUT2D eigenvalue weighted by atomic mass is 9.95. The van der Waals surface area contributed by atoms with Crippen molar-refractivity contribution >= 4 is 33.9 Å². The average Bonchev–Trinajstić information content (AvgIpc) is 3.25. The van der Waals surface area contributed by atoms with Crippen LogP contribution in [0.3, 0.4) is 0 Å². The third kappa shape index (κ3) is 3.80. The van der Waals surface area contributed by atoms with Crippen LogP contribution in [-0.2, 0) is 11.3 Å². The first-order valence-electron chi connectivity index (χ1n) is 9.66.